The highest BCUT2D eigenvalue weighted by molar-refractivity contribution is 6.42. The molecule has 1 aliphatic carbocycles. The van der Waals surface area contributed by atoms with E-state index < -0.39 is 5.91 Å². The Labute approximate surface area is 223 Å². The molecule has 2 aromatic heterocycles. The average molecular weight is 538 g/mol. The normalized spacial score (nSPS) is 14.1. The van der Waals surface area contributed by atoms with Crippen LogP contribution in [0, 0.1) is 20.8 Å². The molecule has 2 amide bonds. The van der Waals surface area contributed by atoms with Crippen molar-refractivity contribution in [2.75, 3.05) is 5.32 Å². The zero-order valence-electron chi connectivity index (χ0n) is 20.6. The fourth-order valence-corrected chi connectivity index (χ4v) is 4.92. The molecule has 9 heteroatoms. The zero-order valence-corrected chi connectivity index (χ0v) is 22.1. The van der Waals surface area contributed by atoms with Crippen molar-refractivity contribution in [3.05, 3.63) is 86.0 Å². The molecule has 0 spiro atoms. The highest BCUT2D eigenvalue weighted by Crippen LogP contribution is 2.31. The minimum absolute atomic E-state index is 0.140. The number of halogens is 2. The number of furan rings is 2. The number of anilines is 1. The number of rotatable bonds is 5. The molecule has 2 aromatic carbocycles. The summed E-state index contributed by atoms with van der Waals surface area (Å²) in [4.78, 5) is 25.7. The number of nitrogens with one attached hydrogen (secondary N) is 2. The van der Waals surface area contributed by atoms with Crippen LogP contribution in [0.15, 0.2) is 50.5 Å². The fraction of sp³-hybridized carbons (Fsp3) is 0.250. The number of nitrogens with zero attached hydrogens (tertiary/aromatic N) is 1. The Balaban J connectivity index is 1.33. The number of carbonyl (C=O) groups excluding carboxylic acids is 2. The summed E-state index contributed by atoms with van der Waals surface area (Å²) < 4.78 is 11.7. The van der Waals surface area contributed by atoms with Gasteiger partial charge in [0.05, 0.1) is 28.4 Å². The first-order chi connectivity index (χ1) is 17.7. The molecule has 0 radical (unpaired) electrons. The largest absolute Gasteiger partial charge is 0.464 e. The smallest absolute Gasteiger partial charge is 0.291 e. The fourth-order valence-electron chi connectivity index (χ4n) is 4.63. The molecular formula is C28H25Cl2N3O4. The van der Waals surface area contributed by atoms with E-state index in [4.69, 9.17) is 32.0 Å². The van der Waals surface area contributed by atoms with E-state index in [0.29, 0.717) is 45.6 Å². The Kier molecular flexibility index (Phi) is 6.84. The first kappa shape index (κ1) is 25.1. The number of hydrogen-bond acceptors (Lipinski definition) is 5. The van der Waals surface area contributed by atoms with Crippen LogP contribution in [0.1, 0.15) is 57.0 Å². The third-order valence-corrected chi connectivity index (χ3v) is 7.46. The molecule has 2 N–H and O–H groups in total. The topological polar surface area (TPSA) is 96.8 Å². The van der Waals surface area contributed by atoms with Crippen molar-refractivity contribution in [1.82, 2.24) is 5.43 Å². The summed E-state index contributed by atoms with van der Waals surface area (Å²) in [5.41, 5.74) is 9.12. The van der Waals surface area contributed by atoms with Crippen LogP contribution >= 0.6 is 23.2 Å². The lowest BCUT2D eigenvalue weighted by Gasteiger charge is -2.13. The van der Waals surface area contributed by atoms with Crippen LogP contribution in [0.4, 0.5) is 5.69 Å². The number of hydrogen-bond donors (Lipinski definition) is 2. The monoisotopic (exact) mass is 537 g/mol. The first-order valence-electron chi connectivity index (χ1n) is 11.9. The van der Waals surface area contributed by atoms with Crippen LogP contribution in [0.5, 0.6) is 0 Å². The molecule has 190 valence electrons. The van der Waals surface area contributed by atoms with E-state index >= 15 is 0 Å². The lowest BCUT2D eigenvalue weighted by Crippen LogP contribution is -2.23. The second-order valence-electron chi connectivity index (χ2n) is 9.21. The average Bonchev–Trinajstić information content (AvgIpc) is 3.44. The number of fused-ring (bicyclic) bond motifs is 2. The maximum Gasteiger partial charge on any atom is 0.291 e. The van der Waals surface area contributed by atoms with Crippen molar-refractivity contribution in [3.63, 3.8) is 0 Å². The molecular weight excluding hydrogens is 513 g/mol. The van der Waals surface area contributed by atoms with Gasteiger partial charge < -0.3 is 14.2 Å². The molecule has 1 aliphatic rings. The number of benzene rings is 2. The Morgan fingerprint density at radius 2 is 1.84 bits per heavy atom. The van der Waals surface area contributed by atoms with Gasteiger partial charge >= 0.3 is 0 Å². The SMILES string of the molecule is Cc1ccc2c(CC(=O)N/N=C3\CCCc4oc(C(=O)Nc5ccc(Cl)c(Cl)c5)c(C)c43)coc2c1C. The Hall–Kier alpha value is -3.55. The summed E-state index contributed by atoms with van der Waals surface area (Å²) in [5.74, 6) is 0.237. The van der Waals surface area contributed by atoms with Crippen molar-refractivity contribution in [2.45, 2.75) is 46.5 Å². The lowest BCUT2D eigenvalue weighted by molar-refractivity contribution is -0.120. The van der Waals surface area contributed by atoms with Crippen LogP contribution in [0.3, 0.4) is 0 Å². The quantitative estimate of drug-likeness (QED) is 0.270. The zero-order chi connectivity index (χ0) is 26.3. The van der Waals surface area contributed by atoms with Crippen molar-refractivity contribution in [1.29, 1.82) is 0 Å². The maximum absolute atomic E-state index is 13.0. The molecule has 0 bridgehead atoms. The second kappa shape index (κ2) is 10.1. The van der Waals surface area contributed by atoms with Gasteiger partial charge in [-0.05, 0) is 62.9 Å². The van der Waals surface area contributed by atoms with E-state index in [9.17, 15) is 9.59 Å². The molecule has 0 aliphatic heterocycles. The lowest BCUT2D eigenvalue weighted by atomic mass is 9.93. The van der Waals surface area contributed by atoms with E-state index in [1.165, 1.54) is 0 Å². The van der Waals surface area contributed by atoms with Gasteiger partial charge in [-0.1, -0.05) is 35.3 Å². The van der Waals surface area contributed by atoms with Crippen molar-refractivity contribution < 1.29 is 18.4 Å². The van der Waals surface area contributed by atoms with Crippen LogP contribution in [-0.4, -0.2) is 17.5 Å². The molecule has 0 saturated carbocycles. The number of hydrazone groups is 1. The molecule has 0 fully saturated rings. The van der Waals surface area contributed by atoms with E-state index in [0.717, 1.165) is 39.6 Å². The summed E-state index contributed by atoms with van der Waals surface area (Å²) in [6, 6.07) is 8.85. The highest BCUT2D eigenvalue weighted by atomic mass is 35.5. The standard InChI is InChI=1S/C28H25Cl2N3O4/c1-14-7-9-19-17(13-36-26(19)15(14)2)11-24(34)33-32-22-5-4-6-23-25(22)16(3)27(37-23)28(35)31-18-8-10-20(29)21(30)12-18/h7-10,12-13H,4-6,11H2,1-3H3,(H,31,35)(H,33,34)/b32-22+. The van der Waals surface area contributed by atoms with Gasteiger partial charge in [-0.25, -0.2) is 5.43 Å². The summed E-state index contributed by atoms with van der Waals surface area (Å²) >= 11 is 12.0. The van der Waals surface area contributed by atoms with Gasteiger partial charge in [0, 0.05) is 34.2 Å². The minimum atomic E-state index is -0.397. The van der Waals surface area contributed by atoms with Gasteiger partial charge in [0.1, 0.15) is 11.3 Å². The maximum atomic E-state index is 13.0. The van der Waals surface area contributed by atoms with Crippen LogP contribution in [0.25, 0.3) is 11.0 Å². The molecule has 0 atom stereocenters. The van der Waals surface area contributed by atoms with E-state index in [1.54, 1.807) is 24.5 Å². The number of amides is 2. The Morgan fingerprint density at radius 3 is 2.62 bits per heavy atom. The molecule has 37 heavy (non-hydrogen) atoms. The number of aryl methyl sites for hydroxylation is 3. The van der Waals surface area contributed by atoms with Crippen molar-refractivity contribution >= 4 is 57.4 Å². The van der Waals surface area contributed by atoms with Crippen LogP contribution < -0.4 is 10.7 Å². The van der Waals surface area contributed by atoms with Gasteiger partial charge in [-0.15, -0.1) is 0 Å². The summed E-state index contributed by atoms with van der Waals surface area (Å²) in [6.45, 7) is 5.85. The summed E-state index contributed by atoms with van der Waals surface area (Å²) in [6.07, 6.45) is 3.91. The van der Waals surface area contributed by atoms with E-state index in [2.05, 4.69) is 15.8 Å². The van der Waals surface area contributed by atoms with Crippen molar-refractivity contribution in [2.24, 2.45) is 5.10 Å². The van der Waals surface area contributed by atoms with Gasteiger partial charge in [0.2, 0.25) is 5.91 Å². The molecule has 7 nitrogen and oxygen atoms in total. The molecule has 5 rings (SSSR count). The van der Waals surface area contributed by atoms with E-state index in [-0.39, 0.29) is 18.1 Å². The second-order valence-corrected chi connectivity index (χ2v) is 10.0. The van der Waals surface area contributed by atoms with Crippen LogP contribution in [-0.2, 0) is 17.6 Å². The third-order valence-electron chi connectivity index (χ3n) is 6.72. The van der Waals surface area contributed by atoms with Gasteiger partial charge in [0.25, 0.3) is 5.91 Å². The summed E-state index contributed by atoms with van der Waals surface area (Å²) in [7, 11) is 0. The molecule has 0 saturated heterocycles. The molecule has 2 heterocycles. The highest BCUT2D eigenvalue weighted by Gasteiger charge is 2.28. The van der Waals surface area contributed by atoms with Gasteiger partial charge in [-0.3, -0.25) is 9.59 Å². The first-order valence-corrected chi connectivity index (χ1v) is 12.7. The molecule has 4 aromatic rings. The minimum Gasteiger partial charge on any atom is -0.464 e. The van der Waals surface area contributed by atoms with Crippen LogP contribution in [0.2, 0.25) is 10.0 Å². The summed E-state index contributed by atoms with van der Waals surface area (Å²) in [5, 5.41) is 8.88. The van der Waals surface area contributed by atoms with E-state index in [1.807, 2.05) is 32.9 Å². The van der Waals surface area contributed by atoms with Gasteiger partial charge in [-0.2, -0.15) is 5.10 Å². The van der Waals surface area contributed by atoms with Gasteiger partial charge in [0.15, 0.2) is 5.76 Å². The third kappa shape index (κ3) is 4.89. The Bertz CT molecular complexity index is 1580. The van der Waals surface area contributed by atoms with Crippen molar-refractivity contribution in [3.8, 4) is 0 Å². The predicted octanol–water partition coefficient (Wildman–Crippen LogP) is 6.91. The predicted molar refractivity (Wildman–Crippen MR) is 145 cm³/mol. The Morgan fingerprint density at radius 1 is 1.03 bits per heavy atom. The molecule has 0 unspecified atom stereocenters. The number of carbonyl (C=O) groups is 2.